The van der Waals surface area contributed by atoms with Crippen molar-refractivity contribution < 1.29 is 9.53 Å². The van der Waals surface area contributed by atoms with Gasteiger partial charge in [-0.2, -0.15) is 0 Å². The van der Waals surface area contributed by atoms with Crippen LogP contribution in [0.5, 0.6) is 0 Å². The minimum absolute atomic E-state index is 0.605. The fourth-order valence-corrected chi connectivity index (χ4v) is 1.15. The molecule has 0 spiro atoms. The Morgan fingerprint density at radius 1 is 1.75 bits per heavy atom. The highest BCUT2D eigenvalue weighted by Gasteiger charge is 2.24. The van der Waals surface area contributed by atoms with Crippen molar-refractivity contribution in [1.29, 1.82) is 0 Å². The molecule has 0 aliphatic heterocycles. The third kappa shape index (κ3) is 0.991. The molecule has 46 valence electrons. The molecule has 0 aromatic carbocycles. The summed E-state index contributed by atoms with van der Waals surface area (Å²) in [6, 6.07) is 0. The van der Waals surface area contributed by atoms with Gasteiger partial charge in [-0.25, -0.2) is 0 Å². The van der Waals surface area contributed by atoms with E-state index in [-0.39, 0.29) is 0 Å². The molecule has 8 heavy (non-hydrogen) atoms. The van der Waals surface area contributed by atoms with Gasteiger partial charge in [-0.1, -0.05) is 6.08 Å². The van der Waals surface area contributed by atoms with Crippen LogP contribution in [0.1, 0.15) is 12.8 Å². The molecular formula is C5H10O2Si. The van der Waals surface area contributed by atoms with E-state index in [4.69, 9.17) is 4.43 Å². The van der Waals surface area contributed by atoms with Gasteiger partial charge in [-0.05, 0) is 12.5 Å². The monoisotopic (exact) mass is 130 g/mol. The van der Waals surface area contributed by atoms with Crippen LogP contribution in [0.15, 0.2) is 12.2 Å². The molecule has 0 saturated heterocycles. The van der Waals surface area contributed by atoms with Crippen LogP contribution >= 0.6 is 0 Å². The molecule has 0 saturated carbocycles. The van der Waals surface area contributed by atoms with Gasteiger partial charge in [-0.15, -0.1) is 0 Å². The summed E-state index contributed by atoms with van der Waals surface area (Å²) in [5.74, 6) is -0.883. The second-order valence-electron chi connectivity index (χ2n) is 1.99. The largest absolute Gasteiger partial charge is 0.399 e. The first kappa shape index (κ1) is 6.00. The van der Waals surface area contributed by atoms with Gasteiger partial charge in [0.2, 0.25) is 0 Å². The molecule has 0 fully saturated rings. The summed E-state index contributed by atoms with van der Waals surface area (Å²) < 4.78 is 4.91. The van der Waals surface area contributed by atoms with Gasteiger partial charge in [0.25, 0.3) is 0 Å². The lowest BCUT2D eigenvalue weighted by Crippen LogP contribution is -2.25. The molecule has 2 nitrogen and oxygen atoms in total. The SMILES string of the molecule is OC1(O[SiH3])C=CCC1. The Morgan fingerprint density at radius 2 is 2.50 bits per heavy atom. The van der Waals surface area contributed by atoms with Crippen LogP contribution in [0, 0.1) is 0 Å². The Labute approximate surface area is 51.7 Å². The van der Waals surface area contributed by atoms with Gasteiger partial charge >= 0.3 is 0 Å². The van der Waals surface area contributed by atoms with Gasteiger partial charge < -0.3 is 9.53 Å². The molecule has 1 rings (SSSR count). The zero-order valence-electron chi connectivity index (χ0n) is 4.92. The van der Waals surface area contributed by atoms with E-state index in [1.54, 1.807) is 6.08 Å². The normalized spacial score (nSPS) is 36.6. The number of hydrogen-bond acceptors (Lipinski definition) is 2. The van der Waals surface area contributed by atoms with Crippen molar-refractivity contribution in [2.24, 2.45) is 0 Å². The van der Waals surface area contributed by atoms with E-state index in [1.807, 2.05) is 6.08 Å². The van der Waals surface area contributed by atoms with Gasteiger partial charge in [0.15, 0.2) is 5.79 Å². The van der Waals surface area contributed by atoms with Gasteiger partial charge in [-0.3, -0.25) is 0 Å². The molecule has 1 atom stereocenters. The summed E-state index contributed by atoms with van der Waals surface area (Å²) in [7, 11) is 0.605. The summed E-state index contributed by atoms with van der Waals surface area (Å²) >= 11 is 0. The molecule has 1 aliphatic carbocycles. The van der Waals surface area contributed by atoms with E-state index in [2.05, 4.69) is 0 Å². The summed E-state index contributed by atoms with van der Waals surface area (Å²) in [5, 5.41) is 9.23. The van der Waals surface area contributed by atoms with Crippen LogP contribution in [-0.2, 0) is 4.43 Å². The minimum atomic E-state index is -0.883. The first-order valence-corrected chi connectivity index (χ1v) is 3.54. The van der Waals surface area contributed by atoms with Crippen molar-refractivity contribution in [1.82, 2.24) is 0 Å². The Morgan fingerprint density at radius 3 is 2.75 bits per heavy atom. The van der Waals surface area contributed by atoms with Crippen molar-refractivity contribution in [2.45, 2.75) is 18.6 Å². The molecule has 0 bridgehead atoms. The Kier molecular flexibility index (Phi) is 1.51. The van der Waals surface area contributed by atoms with Crippen molar-refractivity contribution in [3.63, 3.8) is 0 Å². The van der Waals surface area contributed by atoms with E-state index in [1.165, 1.54) is 0 Å². The van der Waals surface area contributed by atoms with E-state index in [0.717, 1.165) is 12.8 Å². The smallest absolute Gasteiger partial charge is 0.175 e. The third-order valence-electron chi connectivity index (χ3n) is 1.40. The molecular weight excluding hydrogens is 120 g/mol. The molecule has 3 heteroatoms. The topological polar surface area (TPSA) is 29.5 Å². The maximum atomic E-state index is 9.23. The first-order valence-electron chi connectivity index (χ1n) is 2.72. The maximum absolute atomic E-state index is 9.23. The molecule has 1 unspecified atom stereocenters. The van der Waals surface area contributed by atoms with Gasteiger partial charge in [0, 0.05) is 6.42 Å². The number of allylic oxidation sites excluding steroid dienone is 1. The highest BCUT2D eigenvalue weighted by molar-refractivity contribution is 5.98. The fourth-order valence-electron chi connectivity index (χ4n) is 0.811. The summed E-state index contributed by atoms with van der Waals surface area (Å²) in [6.45, 7) is 0. The third-order valence-corrected chi connectivity index (χ3v) is 2.11. The predicted octanol–water partition coefficient (Wildman–Crippen LogP) is -0.678. The average molecular weight is 130 g/mol. The second kappa shape index (κ2) is 2.01. The summed E-state index contributed by atoms with van der Waals surface area (Å²) in [4.78, 5) is 0. The second-order valence-corrected chi connectivity index (χ2v) is 2.40. The van der Waals surface area contributed by atoms with Crippen LogP contribution in [0.3, 0.4) is 0 Å². The summed E-state index contributed by atoms with van der Waals surface area (Å²) in [5.41, 5.74) is 0. The van der Waals surface area contributed by atoms with Gasteiger partial charge in [0.05, 0.1) is 0 Å². The fraction of sp³-hybridized carbons (Fsp3) is 0.600. The predicted molar refractivity (Wildman–Crippen MR) is 34.3 cm³/mol. The van der Waals surface area contributed by atoms with Crippen molar-refractivity contribution in [3.8, 4) is 0 Å². The van der Waals surface area contributed by atoms with E-state index < -0.39 is 5.79 Å². The number of aliphatic hydroxyl groups is 1. The van der Waals surface area contributed by atoms with Crippen LogP contribution in [0.25, 0.3) is 0 Å². The molecule has 0 aromatic rings. The standard InChI is InChI=1S/C5H10O2Si/c6-5(7-8)3-1-2-4-5/h1,3,6H,2,4H2,8H3. The molecule has 0 aromatic heterocycles. The Bertz CT molecular complexity index is 113. The van der Waals surface area contributed by atoms with Crippen molar-refractivity contribution in [2.75, 3.05) is 0 Å². The molecule has 1 aliphatic rings. The Hall–Kier alpha value is -0.123. The van der Waals surface area contributed by atoms with E-state index >= 15 is 0 Å². The lowest BCUT2D eigenvalue weighted by atomic mass is 10.2. The average Bonchev–Trinajstić information content (AvgIpc) is 2.17. The molecule has 0 heterocycles. The van der Waals surface area contributed by atoms with Gasteiger partial charge in [0.1, 0.15) is 10.5 Å². The summed E-state index contributed by atoms with van der Waals surface area (Å²) in [6.07, 6.45) is 5.34. The quantitative estimate of drug-likeness (QED) is 0.289. The molecule has 0 radical (unpaired) electrons. The lowest BCUT2D eigenvalue weighted by Gasteiger charge is -2.17. The highest BCUT2D eigenvalue weighted by atomic mass is 28.2. The lowest BCUT2D eigenvalue weighted by molar-refractivity contribution is -0.0887. The van der Waals surface area contributed by atoms with Crippen LogP contribution in [0.4, 0.5) is 0 Å². The highest BCUT2D eigenvalue weighted by Crippen LogP contribution is 2.21. The van der Waals surface area contributed by atoms with Crippen LogP contribution in [0.2, 0.25) is 0 Å². The van der Waals surface area contributed by atoms with Crippen LogP contribution < -0.4 is 0 Å². The Balaban J connectivity index is 2.54. The van der Waals surface area contributed by atoms with E-state index in [0.29, 0.717) is 10.5 Å². The van der Waals surface area contributed by atoms with Crippen molar-refractivity contribution in [3.05, 3.63) is 12.2 Å². The maximum Gasteiger partial charge on any atom is 0.175 e. The molecule has 1 N–H and O–H groups in total. The van der Waals surface area contributed by atoms with E-state index in [9.17, 15) is 5.11 Å². The zero-order chi connectivity index (χ0) is 6.04. The first-order chi connectivity index (χ1) is 3.77. The van der Waals surface area contributed by atoms with Crippen LogP contribution in [-0.4, -0.2) is 21.4 Å². The van der Waals surface area contributed by atoms with Crippen molar-refractivity contribution >= 4 is 10.5 Å². The minimum Gasteiger partial charge on any atom is -0.399 e. The number of rotatable bonds is 1. The zero-order valence-corrected chi connectivity index (χ0v) is 6.92. The number of hydrogen-bond donors (Lipinski definition) is 1. The molecule has 0 amide bonds.